The Morgan fingerprint density at radius 2 is 2.05 bits per heavy atom. The molecular weight excluding hydrogens is 332 g/mol. The summed E-state index contributed by atoms with van der Waals surface area (Å²) in [5.74, 6) is 0.633. The molecular formula is C13H18BrClN2O2. The summed E-state index contributed by atoms with van der Waals surface area (Å²) in [7, 11) is 1.60. The summed E-state index contributed by atoms with van der Waals surface area (Å²) >= 11 is 3.39. The van der Waals surface area contributed by atoms with Crippen molar-refractivity contribution in [3.63, 3.8) is 0 Å². The first kappa shape index (κ1) is 16.3. The average molecular weight is 350 g/mol. The van der Waals surface area contributed by atoms with E-state index in [0.717, 1.165) is 41.6 Å². The van der Waals surface area contributed by atoms with E-state index >= 15 is 0 Å². The summed E-state index contributed by atoms with van der Waals surface area (Å²) in [6.45, 7) is 0. The van der Waals surface area contributed by atoms with Crippen LogP contribution in [0.3, 0.4) is 0 Å². The highest BCUT2D eigenvalue weighted by Crippen LogP contribution is 2.31. The van der Waals surface area contributed by atoms with Crippen molar-refractivity contribution in [2.45, 2.75) is 31.2 Å². The molecule has 3 N–H and O–H groups in total. The molecule has 4 nitrogen and oxygen atoms in total. The molecule has 0 aliphatic heterocycles. The van der Waals surface area contributed by atoms with E-state index in [-0.39, 0.29) is 18.3 Å². The fourth-order valence-electron chi connectivity index (χ4n) is 2.23. The van der Waals surface area contributed by atoms with Crippen molar-refractivity contribution in [2.75, 3.05) is 12.4 Å². The SMILES string of the molecule is COc1ccc(NC(=O)C2(N)CCCC2)cc1Br.Cl. The second-order valence-corrected chi connectivity index (χ2v) is 5.52. The van der Waals surface area contributed by atoms with Gasteiger partial charge in [-0.3, -0.25) is 4.79 Å². The van der Waals surface area contributed by atoms with Crippen LogP contribution in [0.2, 0.25) is 0 Å². The van der Waals surface area contributed by atoms with Crippen LogP contribution in [0, 0.1) is 0 Å². The van der Waals surface area contributed by atoms with Crippen LogP contribution in [0.15, 0.2) is 22.7 Å². The summed E-state index contributed by atoms with van der Waals surface area (Å²) in [5.41, 5.74) is 6.12. The highest BCUT2D eigenvalue weighted by atomic mass is 79.9. The number of nitrogens with two attached hydrogens (primary N) is 1. The fraction of sp³-hybridized carbons (Fsp3) is 0.462. The molecule has 1 fully saturated rings. The van der Waals surface area contributed by atoms with E-state index < -0.39 is 5.54 Å². The summed E-state index contributed by atoms with van der Waals surface area (Å²) in [4.78, 5) is 12.1. The van der Waals surface area contributed by atoms with Gasteiger partial charge in [0.2, 0.25) is 5.91 Å². The van der Waals surface area contributed by atoms with Gasteiger partial charge >= 0.3 is 0 Å². The lowest BCUT2D eigenvalue weighted by Crippen LogP contribution is -2.48. The Morgan fingerprint density at radius 1 is 1.42 bits per heavy atom. The number of rotatable bonds is 3. The molecule has 0 radical (unpaired) electrons. The zero-order valence-corrected chi connectivity index (χ0v) is 13.1. The molecule has 0 heterocycles. The zero-order valence-electron chi connectivity index (χ0n) is 10.7. The van der Waals surface area contributed by atoms with Gasteiger partial charge < -0.3 is 15.8 Å². The highest BCUT2D eigenvalue weighted by Gasteiger charge is 2.36. The molecule has 0 saturated heterocycles. The molecule has 1 amide bonds. The lowest BCUT2D eigenvalue weighted by molar-refractivity contribution is -0.121. The van der Waals surface area contributed by atoms with E-state index in [1.54, 1.807) is 19.2 Å². The van der Waals surface area contributed by atoms with Gasteiger partial charge in [-0.2, -0.15) is 0 Å². The number of methoxy groups -OCH3 is 1. The number of hydrogen-bond donors (Lipinski definition) is 2. The van der Waals surface area contributed by atoms with Crippen LogP contribution in [0.5, 0.6) is 5.75 Å². The zero-order chi connectivity index (χ0) is 13.2. The number of benzene rings is 1. The molecule has 1 aromatic carbocycles. The van der Waals surface area contributed by atoms with Gasteiger partial charge in [0.25, 0.3) is 0 Å². The van der Waals surface area contributed by atoms with Gasteiger partial charge in [0.1, 0.15) is 5.75 Å². The Kier molecular flexibility index (Phi) is 5.64. The van der Waals surface area contributed by atoms with E-state index in [0.29, 0.717) is 0 Å². The molecule has 1 aliphatic carbocycles. The van der Waals surface area contributed by atoms with Gasteiger partial charge in [-0.1, -0.05) is 12.8 Å². The third kappa shape index (κ3) is 3.61. The number of halogens is 2. The van der Waals surface area contributed by atoms with Crippen molar-refractivity contribution in [3.8, 4) is 5.75 Å². The lowest BCUT2D eigenvalue weighted by Gasteiger charge is -2.22. The summed E-state index contributed by atoms with van der Waals surface area (Å²) in [5, 5.41) is 2.87. The van der Waals surface area contributed by atoms with Gasteiger partial charge in [-0.15, -0.1) is 12.4 Å². The Labute approximate surface area is 127 Å². The van der Waals surface area contributed by atoms with E-state index in [4.69, 9.17) is 10.5 Å². The molecule has 2 rings (SSSR count). The molecule has 106 valence electrons. The van der Waals surface area contributed by atoms with Crippen LogP contribution in [0.1, 0.15) is 25.7 Å². The first-order valence-electron chi connectivity index (χ1n) is 5.99. The predicted octanol–water partition coefficient (Wildman–Crippen LogP) is 3.09. The smallest absolute Gasteiger partial charge is 0.244 e. The normalized spacial score (nSPS) is 16.6. The maximum absolute atomic E-state index is 12.1. The van der Waals surface area contributed by atoms with Crippen LogP contribution in [0.25, 0.3) is 0 Å². The molecule has 0 atom stereocenters. The standard InChI is InChI=1S/C13H17BrN2O2.ClH/c1-18-11-5-4-9(8-10(11)14)16-12(17)13(15)6-2-3-7-13;/h4-5,8H,2-3,6-7,15H2,1H3,(H,16,17);1H. The number of carbonyl (C=O) groups is 1. The van der Waals surface area contributed by atoms with Gasteiger partial charge in [0, 0.05) is 5.69 Å². The molecule has 0 unspecified atom stereocenters. The van der Waals surface area contributed by atoms with Crippen molar-refractivity contribution in [1.82, 2.24) is 0 Å². The third-order valence-electron chi connectivity index (χ3n) is 3.36. The second-order valence-electron chi connectivity index (χ2n) is 4.67. The second kappa shape index (κ2) is 6.59. The largest absolute Gasteiger partial charge is 0.496 e. The van der Waals surface area contributed by atoms with Gasteiger partial charge in [-0.25, -0.2) is 0 Å². The minimum Gasteiger partial charge on any atom is -0.496 e. The van der Waals surface area contributed by atoms with Gasteiger partial charge in [-0.05, 0) is 47.0 Å². The molecule has 19 heavy (non-hydrogen) atoms. The quantitative estimate of drug-likeness (QED) is 0.881. The van der Waals surface area contributed by atoms with Crippen LogP contribution >= 0.6 is 28.3 Å². The Bertz CT molecular complexity index is 462. The molecule has 0 spiro atoms. The minimum absolute atomic E-state index is 0. The predicted molar refractivity (Wildman–Crippen MR) is 82.0 cm³/mol. The number of carbonyl (C=O) groups excluding carboxylic acids is 1. The Balaban J connectivity index is 0.00000180. The Hall–Kier alpha value is -0.780. The first-order chi connectivity index (χ1) is 8.55. The molecule has 0 aromatic heterocycles. The molecule has 1 aliphatic rings. The van der Waals surface area contributed by atoms with E-state index in [2.05, 4.69) is 21.2 Å². The number of ether oxygens (including phenoxy) is 1. The monoisotopic (exact) mass is 348 g/mol. The van der Waals surface area contributed by atoms with Crippen molar-refractivity contribution in [1.29, 1.82) is 0 Å². The number of hydrogen-bond acceptors (Lipinski definition) is 3. The fourth-order valence-corrected chi connectivity index (χ4v) is 2.77. The topological polar surface area (TPSA) is 64.3 Å². The van der Waals surface area contributed by atoms with Crippen LogP contribution in [-0.2, 0) is 4.79 Å². The van der Waals surface area contributed by atoms with Crippen molar-refractivity contribution >= 4 is 39.9 Å². The summed E-state index contributed by atoms with van der Waals surface area (Å²) in [6.07, 6.45) is 3.57. The van der Waals surface area contributed by atoms with E-state index in [1.807, 2.05) is 6.07 Å². The van der Waals surface area contributed by atoms with Gasteiger partial charge in [0.05, 0.1) is 17.1 Å². The Morgan fingerprint density at radius 3 is 2.58 bits per heavy atom. The maximum Gasteiger partial charge on any atom is 0.244 e. The molecule has 6 heteroatoms. The number of nitrogens with one attached hydrogen (secondary N) is 1. The molecule has 1 saturated carbocycles. The van der Waals surface area contributed by atoms with Gasteiger partial charge in [0.15, 0.2) is 0 Å². The maximum atomic E-state index is 12.1. The minimum atomic E-state index is -0.702. The third-order valence-corrected chi connectivity index (χ3v) is 3.98. The lowest BCUT2D eigenvalue weighted by atomic mass is 9.98. The molecule has 1 aromatic rings. The number of amides is 1. The first-order valence-corrected chi connectivity index (χ1v) is 6.78. The summed E-state index contributed by atoms with van der Waals surface area (Å²) < 4.78 is 5.95. The van der Waals surface area contributed by atoms with E-state index in [9.17, 15) is 4.79 Å². The van der Waals surface area contributed by atoms with Crippen LogP contribution < -0.4 is 15.8 Å². The van der Waals surface area contributed by atoms with Crippen LogP contribution in [-0.4, -0.2) is 18.6 Å². The van der Waals surface area contributed by atoms with Crippen molar-refractivity contribution in [2.24, 2.45) is 5.73 Å². The van der Waals surface area contributed by atoms with Crippen molar-refractivity contribution in [3.05, 3.63) is 22.7 Å². The van der Waals surface area contributed by atoms with E-state index in [1.165, 1.54) is 0 Å². The highest BCUT2D eigenvalue weighted by molar-refractivity contribution is 9.10. The number of anilines is 1. The average Bonchev–Trinajstić information content (AvgIpc) is 2.78. The van der Waals surface area contributed by atoms with Crippen molar-refractivity contribution < 1.29 is 9.53 Å². The molecule has 0 bridgehead atoms. The van der Waals surface area contributed by atoms with Crippen LogP contribution in [0.4, 0.5) is 5.69 Å². The summed E-state index contributed by atoms with van der Waals surface area (Å²) in [6, 6.07) is 5.42.